The summed E-state index contributed by atoms with van der Waals surface area (Å²) in [6.45, 7) is 4.36. The van der Waals surface area contributed by atoms with Gasteiger partial charge in [-0.15, -0.1) is 0 Å². The summed E-state index contributed by atoms with van der Waals surface area (Å²) < 4.78 is 5.14. The quantitative estimate of drug-likeness (QED) is 0.383. The Bertz CT molecular complexity index is 591. The summed E-state index contributed by atoms with van der Waals surface area (Å²) in [6, 6.07) is 7.13. The number of carbonyl (C=O) groups is 1. The molecule has 6 heteroatoms. The zero-order valence-electron chi connectivity index (χ0n) is 15.5. The zero-order valence-corrected chi connectivity index (χ0v) is 15.5. The molecule has 6 nitrogen and oxygen atoms in total. The number of carbonyl (C=O) groups excluding carboxylic acids is 1. The fraction of sp³-hybridized carbons (Fsp3) is 0.579. The Morgan fingerprint density at radius 3 is 2.60 bits per heavy atom. The van der Waals surface area contributed by atoms with Gasteiger partial charge in [0, 0.05) is 32.2 Å². The lowest BCUT2D eigenvalue weighted by atomic mass is 9.67. The highest BCUT2D eigenvalue weighted by Crippen LogP contribution is 2.42. The van der Waals surface area contributed by atoms with E-state index in [1.807, 2.05) is 12.1 Å². The van der Waals surface area contributed by atoms with Crippen molar-refractivity contribution in [1.29, 1.82) is 0 Å². The van der Waals surface area contributed by atoms with E-state index in [1.54, 1.807) is 26.3 Å². The molecular weight excluding hydrogens is 316 g/mol. The van der Waals surface area contributed by atoms with E-state index in [4.69, 9.17) is 4.74 Å². The van der Waals surface area contributed by atoms with E-state index in [-0.39, 0.29) is 5.91 Å². The maximum atomic E-state index is 12.1. The third-order valence-corrected chi connectivity index (χ3v) is 5.05. The summed E-state index contributed by atoms with van der Waals surface area (Å²) >= 11 is 0. The minimum atomic E-state index is -0.108. The molecular formula is C19H30N4O2. The molecule has 0 spiro atoms. The Morgan fingerprint density at radius 2 is 2.00 bits per heavy atom. The highest BCUT2D eigenvalue weighted by molar-refractivity contribution is 5.94. The van der Waals surface area contributed by atoms with Crippen molar-refractivity contribution >= 4 is 11.9 Å². The van der Waals surface area contributed by atoms with Crippen LogP contribution >= 0.6 is 0 Å². The van der Waals surface area contributed by atoms with Crippen LogP contribution < -0.4 is 20.7 Å². The van der Waals surface area contributed by atoms with Gasteiger partial charge in [-0.3, -0.25) is 9.79 Å². The molecule has 3 N–H and O–H groups in total. The van der Waals surface area contributed by atoms with Crippen molar-refractivity contribution in [2.75, 3.05) is 33.8 Å². The SMILES string of the molecule is CCC1(CNC(=NC)NCCNC(=O)c2cccc(OC)c2)CCC1. The summed E-state index contributed by atoms with van der Waals surface area (Å²) in [4.78, 5) is 16.4. The van der Waals surface area contributed by atoms with Crippen molar-refractivity contribution < 1.29 is 9.53 Å². The van der Waals surface area contributed by atoms with Crippen molar-refractivity contribution in [1.82, 2.24) is 16.0 Å². The van der Waals surface area contributed by atoms with E-state index in [0.717, 1.165) is 12.5 Å². The lowest BCUT2D eigenvalue weighted by molar-refractivity contribution is 0.0954. The van der Waals surface area contributed by atoms with Crippen molar-refractivity contribution in [3.63, 3.8) is 0 Å². The first-order chi connectivity index (χ1) is 12.1. The van der Waals surface area contributed by atoms with Gasteiger partial charge in [0.05, 0.1) is 7.11 Å². The highest BCUT2D eigenvalue weighted by Gasteiger charge is 2.34. The second kappa shape index (κ2) is 9.30. The van der Waals surface area contributed by atoms with Crippen LogP contribution in [0.1, 0.15) is 43.0 Å². The molecule has 0 saturated heterocycles. The molecule has 0 unspecified atom stereocenters. The fourth-order valence-electron chi connectivity index (χ4n) is 3.05. The van der Waals surface area contributed by atoms with Gasteiger partial charge in [0.25, 0.3) is 5.91 Å². The molecule has 0 radical (unpaired) electrons. The summed E-state index contributed by atoms with van der Waals surface area (Å²) in [6.07, 6.45) is 5.12. The van der Waals surface area contributed by atoms with Crippen molar-refractivity contribution in [3.05, 3.63) is 29.8 Å². The van der Waals surface area contributed by atoms with E-state index >= 15 is 0 Å². The molecule has 0 bridgehead atoms. The van der Waals surface area contributed by atoms with Crippen LogP contribution in [0.3, 0.4) is 0 Å². The maximum Gasteiger partial charge on any atom is 0.251 e. The third kappa shape index (κ3) is 5.37. The number of guanidine groups is 1. The van der Waals surface area contributed by atoms with E-state index in [2.05, 4.69) is 27.9 Å². The smallest absolute Gasteiger partial charge is 0.251 e. The standard InChI is InChI=1S/C19H30N4O2/c1-4-19(9-6-10-19)14-23-18(20-2)22-12-11-21-17(24)15-7-5-8-16(13-15)25-3/h5,7-8,13H,4,6,9-12,14H2,1-3H3,(H,21,24)(H2,20,22,23). The van der Waals surface area contributed by atoms with E-state index < -0.39 is 0 Å². The van der Waals surface area contributed by atoms with Crippen molar-refractivity contribution in [2.45, 2.75) is 32.6 Å². The number of aliphatic imine (C=N–C) groups is 1. The number of amides is 1. The molecule has 0 aromatic heterocycles. The largest absolute Gasteiger partial charge is 0.497 e. The lowest BCUT2D eigenvalue weighted by Crippen LogP contribution is -2.47. The number of nitrogens with one attached hydrogen (secondary N) is 3. The monoisotopic (exact) mass is 346 g/mol. The molecule has 25 heavy (non-hydrogen) atoms. The van der Waals surface area contributed by atoms with Gasteiger partial charge in [0.15, 0.2) is 5.96 Å². The predicted molar refractivity (Wildman–Crippen MR) is 101 cm³/mol. The molecule has 2 rings (SSSR count). The van der Waals surface area contributed by atoms with Crippen molar-refractivity contribution in [2.24, 2.45) is 10.4 Å². The normalized spacial score (nSPS) is 15.9. The summed E-state index contributed by atoms with van der Waals surface area (Å²) in [5, 5.41) is 9.55. The average molecular weight is 346 g/mol. The highest BCUT2D eigenvalue weighted by atomic mass is 16.5. The van der Waals surface area contributed by atoms with Gasteiger partial charge in [0.2, 0.25) is 0 Å². The van der Waals surface area contributed by atoms with E-state index in [1.165, 1.54) is 25.7 Å². The van der Waals surface area contributed by atoms with Gasteiger partial charge in [-0.05, 0) is 42.9 Å². The molecule has 1 aliphatic carbocycles. The summed E-state index contributed by atoms with van der Waals surface area (Å²) in [5.74, 6) is 1.36. The predicted octanol–water partition coefficient (Wildman–Crippen LogP) is 2.17. The van der Waals surface area contributed by atoms with Crippen LogP contribution in [-0.2, 0) is 0 Å². The summed E-state index contributed by atoms with van der Waals surface area (Å²) in [5.41, 5.74) is 1.04. The number of methoxy groups -OCH3 is 1. The molecule has 0 heterocycles. The van der Waals surface area contributed by atoms with E-state index in [0.29, 0.717) is 29.8 Å². The van der Waals surface area contributed by atoms with E-state index in [9.17, 15) is 4.79 Å². The molecule has 0 aliphatic heterocycles. The third-order valence-electron chi connectivity index (χ3n) is 5.05. The molecule has 1 aromatic rings. The topological polar surface area (TPSA) is 74.8 Å². The molecule has 138 valence electrons. The second-order valence-electron chi connectivity index (χ2n) is 6.55. The van der Waals surface area contributed by atoms with Crippen LogP contribution in [0.2, 0.25) is 0 Å². The minimum Gasteiger partial charge on any atom is -0.497 e. The first-order valence-electron chi connectivity index (χ1n) is 8.99. The first-order valence-corrected chi connectivity index (χ1v) is 8.99. The Balaban J connectivity index is 1.69. The maximum absolute atomic E-state index is 12.1. The van der Waals surface area contributed by atoms with Gasteiger partial charge in [-0.2, -0.15) is 0 Å². The Labute approximate surface area is 150 Å². The second-order valence-corrected chi connectivity index (χ2v) is 6.55. The first kappa shape index (κ1) is 19.1. The van der Waals surface area contributed by atoms with Crippen molar-refractivity contribution in [3.8, 4) is 5.75 Å². The van der Waals surface area contributed by atoms with Crippen LogP contribution in [0.25, 0.3) is 0 Å². The van der Waals surface area contributed by atoms with Gasteiger partial charge in [-0.25, -0.2) is 0 Å². The van der Waals surface area contributed by atoms with Gasteiger partial charge < -0.3 is 20.7 Å². The lowest BCUT2D eigenvalue weighted by Gasteiger charge is -2.41. The zero-order chi connectivity index (χ0) is 18.1. The molecule has 1 amide bonds. The minimum absolute atomic E-state index is 0.108. The molecule has 1 aromatic carbocycles. The number of benzene rings is 1. The van der Waals surface area contributed by atoms with Gasteiger partial charge >= 0.3 is 0 Å². The number of hydrogen-bond donors (Lipinski definition) is 3. The molecule has 1 saturated carbocycles. The van der Waals surface area contributed by atoms with Crippen LogP contribution in [0.15, 0.2) is 29.3 Å². The Morgan fingerprint density at radius 1 is 1.24 bits per heavy atom. The molecule has 1 aliphatic rings. The van der Waals surface area contributed by atoms with Gasteiger partial charge in [-0.1, -0.05) is 19.4 Å². The van der Waals surface area contributed by atoms with Crippen LogP contribution in [0, 0.1) is 5.41 Å². The average Bonchev–Trinajstić information content (AvgIpc) is 2.62. The number of hydrogen-bond acceptors (Lipinski definition) is 3. The Kier molecular flexibility index (Phi) is 7.10. The van der Waals surface area contributed by atoms with Crippen LogP contribution in [0.5, 0.6) is 5.75 Å². The molecule has 0 atom stereocenters. The molecule has 1 fully saturated rings. The fourth-order valence-corrected chi connectivity index (χ4v) is 3.05. The number of nitrogens with zero attached hydrogens (tertiary/aromatic N) is 1. The van der Waals surface area contributed by atoms with Crippen LogP contribution in [-0.4, -0.2) is 45.7 Å². The Hall–Kier alpha value is -2.24. The van der Waals surface area contributed by atoms with Crippen LogP contribution in [0.4, 0.5) is 0 Å². The number of rotatable bonds is 8. The number of ether oxygens (including phenoxy) is 1. The summed E-state index contributed by atoms with van der Waals surface area (Å²) in [7, 11) is 3.36. The van der Waals surface area contributed by atoms with Gasteiger partial charge in [0.1, 0.15) is 5.75 Å².